The van der Waals surface area contributed by atoms with Crippen molar-refractivity contribution in [1.82, 2.24) is 0 Å². The molecule has 0 saturated carbocycles. The number of nitrogens with one attached hydrogen (secondary N) is 1. The van der Waals surface area contributed by atoms with Crippen LogP contribution in [0.25, 0.3) is 0 Å². The van der Waals surface area contributed by atoms with Gasteiger partial charge in [0, 0.05) is 10.7 Å². The standard InChI is InChI=1S/C17H18ClNO2/c1-11-6-4-5-7-15(11)19-17(20)13(3)21-16-9-8-14(18)10-12(16)2/h4-10,13H,1-3H3,(H,19,20). The van der Waals surface area contributed by atoms with E-state index in [0.29, 0.717) is 10.8 Å². The molecule has 0 heterocycles. The molecule has 21 heavy (non-hydrogen) atoms. The van der Waals surface area contributed by atoms with Crippen LogP contribution in [0, 0.1) is 13.8 Å². The molecule has 4 heteroatoms. The Kier molecular flexibility index (Phi) is 4.86. The van der Waals surface area contributed by atoms with Crippen molar-refractivity contribution in [3.05, 3.63) is 58.6 Å². The minimum atomic E-state index is -0.593. The van der Waals surface area contributed by atoms with Gasteiger partial charge in [0.1, 0.15) is 5.75 Å². The molecule has 2 aromatic carbocycles. The summed E-state index contributed by atoms with van der Waals surface area (Å²) in [6.07, 6.45) is -0.593. The van der Waals surface area contributed by atoms with E-state index in [-0.39, 0.29) is 5.91 Å². The van der Waals surface area contributed by atoms with Gasteiger partial charge in [0.15, 0.2) is 6.10 Å². The number of benzene rings is 2. The fourth-order valence-corrected chi connectivity index (χ4v) is 2.16. The number of para-hydroxylation sites is 1. The quantitative estimate of drug-likeness (QED) is 0.911. The van der Waals surface area contributed by atoms with Gasteiger partial charge in [0.2, 0.25) is 0 Å². The number of hydrogen-bond acceptors (Lipinski definition) is 2. The summed E-state index contributed by atoms with van der Waals surface area (Å²) in [5.74, 6) is 0.477. The highest BCUT2D eigenvalue weighted by Gasteiger charge is 2.16. The third-order valence-corrected chi connectivity index (χ3v) is 3.45. The van der Waals surface area contributed by atoms with Gasteiger partial charge in [-0.05, 0) is 56.2 Å². The molecule has 1 unspecified atom stereocenters. The molecular formula is C17H18ClNO2. The largest absolute Gasteiger partial charge is 0.481 e. The lowest BCUT2D eigenvalue weighted by Crippen LogP contribution is -2.30. The predicted molar refractivity (Wildman–Crippen MR) is 86.1 cm³/mol. The molecule has 110 valence electrons. The lowest BCUT2D eigenvalue weighted by atomic mass is 10.2. The second-order valence-corrected chi connectivity index (χ2v) is 5.41. The Bertz CT molecular complexity index is 655. The zero-order valence-electron chi connectivity index (χ0n) is 12.3. The van der Waals surface area contributed by atoms with Crippen molar-refractivity contribution in [2.45, 2.75) is 26.9 Å². The number of ether oxygens (including phenoxy) is 1. The Morgan fingerprint density at radius 1 is 1.14 bits per heavy atom. The van der Waals surface area contributed by atoms with Crippen molar-refractivity contribution in [1.29, 1.82) is 0 Å². The van der Waals surface area contributed by atoms with Crippen LogP contribution in [0.2, 0.25) is 5.02 Å². The molecule has 1 atom stereocenters. The SMILES string of the molecule is Cc1ccccc1NC(=O)C(C)Oc1ccc(Cl)cc1C. The van der Waals surface area contributed by atoms with Crippen LogP contribution in [-0.2, 0) is 4.79 Å². The highest BCUT2D eigenvalue weighted by atomic mass is 35.5. The molecule has 2 aromatic rings. The van der Waals surface area contributed by atoms with Crippen molar-refractivity contribution < 1.29 is 9.53 Å². The molecule has 0 spiro atoms. The normalized spacial score (nSPS) is 11.8. The zero-order valence-corrected chi connectivity index (χ0v) is 13.1. The molecule has 1 N–H and O–H groups in total. The Balaban J connectivity index is 2.04. The van der Waals surface area contributed by atoms with Crippen LogP contribution in [0.3, 0.4) is 0 Å². The van der Waals surface area contributed by atoms with Crippen LogP contribution in [0.5, 0.6) is 5.75 Å². The predicted octanol–water partition coefficient (Wildman–Crippen LogP) is 4.36. The lowest BCUT2D eigenvalue weighted by Gasteiger charge is -2.17. The summed E-state index contributed by atoms with van der Waals surface area (Å²) in [5, 5.41) is 3.52. The third-order valence-electron chi connectivity index (χ3n) is 3.21. The number of anilines is 1. The first-order valence-corrected chi connectivity index (χ1v) is 7.14. The molecular weight excluding hydrogens is 286 g/mol. The third kappa shape index (κ3) is 3.99. The molecule has 0 radical (unpaired) electrons. The van der Waals surface area contributed by atoms with E-state index in [1.54, 1.807) is 19.1 Å². The van der Waals surface area contributed by atoms with Crippen LogP contribution in [-0.4, -0.2) is 12.0 Å². The number of amides is 1. The Labute approximate surface area is 129 Å². The molecule has 3 nitrogen and oxygen atoms in total. The molecule has 1 amide bonds. The van der Waals surface area contributed by atoms with Crippen molar-refractivity contribution >= 4 is 23.2 Å². The van der Waals surface area contributed by atoms with Crippen molar-refractivity contribution in [3.8, 4) is 5.75 Å². The highest BCUT2D eigenvalue weighted by Crippen LogP contribution is 2.23. The number of aryl methyl sites for hydroxylation is 2. The van der Waals surface area contributed by atoms with E-state index in [0.717, 1.165) is 16.8 Å². The van der Waals surface area contributed by atoms with Crippen molar-refractivity contribution in [3.63, 3.8) is 0 Å². The molecule has 0 fully saturated rings. The molecule has 0 aliphatic rings. The monoisotopic (exact) mass is 303 g/mol. The van der Waals surface area contributed by atoms with E-state index in [2.05, 4.69) is 5.32 Å². The topological polar surface area (TPSA) is 38.3 Å². The number of carbonyl (C=O) groups excluding carboxylic acids is 1. The molecule has 0 aliphatic heterocycles. The first-order valence-electron chi connectivity index (χ1n) is 6.76. The smallest absolute Gasteiger partial charge is 0.265 e. The van der Waals surface area contributed by atoms with Crippen LogP contribution < -0.4 is 10.1 Å². The minimum absolute atomic E-state index is 0.182. The lowest BCUT2D eigenvalue weighted by molar-refractivity contribution is -0.122. The second kappa shape index (κ2) is 6.64. The van der Waals surface area contributed by atoms with Gasteiger partial charge in [-0.1, -0.05) is 29.8 Å². The molecule has 0 bridgehead atoms. The summed E-state index contributed by atoms with van der Waals surface area (Å²) in [7, 11) is 0. The van der Waals surface area contributed by atoms with E-state index in [4.69, 9.17) is 16.3 Å². The fourth-order valence-electron chi connectivity index (χ4n) is 1.94. The Hall–Kier alpha value is -2.00. The summed E-state index contributed by atoms with van der Waals surface area (Å²) in [4.78, 5) is 12.2. The number of carbonyl (C=O) groups is 1. The number of hydrogen-bond donors (Lipinski definition) is 1. The van der Waals surface area contributed by atoms with Gasteiger partial charge in [-0.2, -0.15) is 0 Å². The van der Waals surface area contributed by atoms with E-state index in [1.165, 1.54) is 0 Å². The highest BCUT2D eigenvalue weighted by molar-refractivity contribution is 6.30. The maximum atomic E-state index is 12.2. The maximum Gasteiger partial charge on any atom is 0.265 e. The summed E-state index contributed by atoms with van der Waals surface area (Å²) >= 11 is 5.91. The van der Waals surface area contributed by atoms with Gasteiger partial charge in [0.05, 0.1) is 0 Å². The number of halogens is 1. The van der Waals surface area contributed by atoms with Gasteiger partial charge < -0.3 is 10.1 Å². The summed E-state index contributed by atoms with van der Waals surface area (Å²) in [6, 6.07) is 13.0. The Morgan fingerprint density at radius 3 is 2.52 bits per heavy atom. The molecule has 0 saturated heterocycles. The molecule has 0 aromatic heterocycles. The van der Waals surface area contributed by atoms with Crippen LogP contribution in [0.1, 0.15) is 18.1 Å². The number of rotatable bonds is 4. The van der Waals surface area contributed by atoms with Crippen molar-refractivity contribution in [2.75, 3.05) is 5.32 Å². The van der Waals surface area contributed by atoms with E-state index >= 15 is 0 Å². The fraction of sp³-hybridized carbons (Fsp3) is 0.235. The minimum Gasteiger partial charge on any atom is -0.481 e. The van der Waals surface area contributed by atoms with E-state index < -0.39 is 6.10 Å². The average Bonchev–Trinajstić information content (AvgIpc) is 2.44. The van der Waals surface area contributed by atoms with Gasteiger partial charge in [-0.15, -0.1) is 0 Å². The molecule has 0 aliphatic carbocycles. The average molecular weight is 304 g/mol. The van der Waals surface area contributed by atoms with Gasteiger partial charge in [0.25, 0.3) is 5.91 Å². The zero-order chi connectivity index (χ0) is 15.4. The van der Waals surface area contributed by atoms with Crippen molar-refractivity contribution in [2.24, 2.45) is 0 Å². The van der Waals surface area contributed by atoms with E-state index in [1.807, 2.05) is 44.2 Å². The maximum absolute atomic E-state index is 12.2. The van der Waals surface area contributed by atoms with Crippen LogP contribution >= 0.6 is 11.6 Å². The van der Waals surface area contributed by atoms with Gasteiger partial charge >= 0.3 is 0 Å². The summed E-state index contributed by atoms with van der Waals surface area (Å²) in [6.45, 7) is 5.57. The van der Waals surface area contributed by atoms with E-state index in [9.17, 15) is 4.79 Å². The summed E-state index contributed by atoms with van der Waals surface area (Å²) in [5.41, 5.74) is 2.71. The van der Waals surface area contributed by atoms with Gasteiger partial charge in [-0.3, -0.25) is 4.79 Å². The molecule has 2 rings (SSSR count). The van der Waals surface area contributed by atoms with Gasteiger partial charge in [-0.25, -0.2) is 0 Å². The van der Waals surface area contributed by atoms with Crippen LogP contribution in [0.15, 0.2) is 42.5 Å². The first-order chi connectivity index (χ1) is 9.97. The Morgan fingerprint density at radius 2 is 1.86 bits per heavy atom. The first kappa shape index (κ1) is 15.4. The summed E-state index contributed by atoms with van der Waals surface area (Å²) < 4.78 is 5.70. The second-order valence-electron chi connectivity index (χ2n) is 4.97. The van der Waals surface area contributed by atoms with Crippen LogP contribution in [0.4, 0.5) is 5.69 Å².